The average molecular weight is 209 g/mol. The van der Waals surface area contributed by atoms with E-state index in [1.807, 2.05) is 36.9 Å². The van der Waals surface area contributed by atoms with Gasteiger partial charge in [0.2, 0.25) is 0 Å². The van der Waals surface area contributed by atoms with E-state index in [0.29, 0.717) is 6.54 Å². The van der Waals surface area contributed by atoms with Gasteiger partial charge in [-0.25, -0.2) is 0 Å². The van der Waals surface area contributed by atoms with Crippen LogP contribution in [0, 0.1) is 0 Å². The molecule has 0 aliphatic heterocycles. The molecule has 84 valence electrons. The van der Waals surface area contributed by atoms with Gasteiger partial charge < -0.3 is 15.2 Å². The van der Waals surface area contributed by atoms with Crippen LogP contribution in [0.1, 0.15) is 23.8 Å². The van der Waals surface area contributed by atoms with E-state index in [0.717, 1.165) is 25.2 Å². The van der Waals surface area contributed by atoms with Crippen molar-refractivity contribution in [3.05, 3.63) is 24.0 Å². The van der Waals surface area contributed by atoms with Gasteiger partial charge in [-0.3, -0.25) is 4.79 Å². The maximum Gasteiger partial charge on any atom is 0.267 e. The van der Waals surface area contributed by atoms with Gasteiger partial charge in [-0.05, 0) is 39.1 Å². The van der Waals surface area contributed by atoms with Crippen LogP contribution in [0.15, 0.2) is 18.3 Å². The number of aromatic nitrogens is 1. The molecule has 0 spiro atoms. The number of rotatable bonds is 6. The molecule has 0 aromatic carbocycles. The van der Waals surface area contributed by atoms with E-state index >= 15 is 0 Å². The normalized spacial score (nSPS) is 10.3. The lowest BCUT2D eigenvalue weighted by Crippen LogP contribution is -2.28. The molecule has 0 saturated heterocycles. The summed E-state index contributed by atoms with van der Waals surface area (Å²) in [5, 5.41) is 5.94. The Morgan fingerprint density at radius 3 is 2.93 bits per heavy atom. The summed E-state index contributed by atoms with van der Waals surface area (Å²) < 4.78 is 1.94. The number of carbonyl (C=O) groups is 1. The summed E-state index contributed by atoms with van der Waals surface area (Å²) in [6, 6.07) is 3.74. The van der Waals surface area contributed by atoms with E-state index in [2.05, 4.69) is 10.6 Å². The fraction of sp³-hybridized carbons (Fsp3) is 0.545. The van der Waals surface area contributed by atoms with Gasteiger partial charge in [-0.1, -0.05) is 0 Å². The summed E-state index contributed by atoms with van der Waals surface area (Å²) in [6.45, 7) is 4.49. The van der Waals surface area contributed by atoms with Crippen molar-refractivity contribution in [3.63, 3.8) is 0 Å². The second kappa shape index (κ2) is 6.24. The minimum atomic E-state index is 0.0120. The fourth-order valence-electron chi connectivity index (χ4n) is 1.45. The van der Waals surface area contributed by atoms with E-state index < -0.39 is 0 Å². The van der Waals surface area contributed by atoms with Crippen molar-refractivity contribution >= 4 is 5.91 Å². The third-order valence-corrected chi connectivity index (χ3v) is 2.29. The number of aryl methyl sites for hydroxylation is 1. The molecular weight excluding hydrogens is 190 g/mol. The molecule has 0 aliphatic rings. The first-order chi connectivity index (χ1) is 7.29. The van der Waals surface area contributed by atoms with Gasteiger partial charge in [-0.2, -0.15) is 0 Å². The monoisotopic (exact) mass is 209 g/mol. The van der Waals surface area contributed by atoms with Crippen LogP contribution in [0.4, 0.5) is 0 Å². The van der Waals surface area contributed by atoms with Gasteiger partial charge in [-0.15, -0.1) is 0 Å². The van der Waals surface area contributed by atoms with Crippen molar-refractivity contribution in [1.29, 1.82) is 0 Å². The second-order valence-electron chi connectivity index (χ2n) is 3.39. The Kier molecular flexibility index (Phi) is 4.90. The Morgan fingerprint density at radius 2 is 2.27 bits per heavy atom. The van der Waals surface area contributed by atoms with E-state index in [9.17, 15) is 4.79 Å². The van der Waals surface area contributed by atoms with Gasteiger partial charge in [0, 0.05) is 19.3 Å². The predicted octanol–water partition coefficient (Wildman–Crippen LogP) is 0.847. The fourth-order valence-corrected chi connectivity index (χ4v) is 1.45. The highest BCUT2D eigenvalue weighted by molar-refractivity contribution is 5.92. The van der Waals surface area contributed by atoms with Crippen molar-refractivity contribution in [1.82, 2.24) is 15.2 Å². The maximum absolute atomic E-state index is 11.7. The Hall–Kier alpha value is -1.29. The number of nitrogens with zero attached hydrogens (tertiary/aromatic N) is 1. The molecule has 1 heterocycles. The molecule has 1 aromatic heterocycles. The summed E-state index contributed by atoms with van der Waals surface area (Å²) in [5.74, 6) is 0.0120. The predicted molar refractivity (Wildman–Crippen MR) is 61.0 cm³/mol. The number of hydrogen-bond donors (Lipinski definition) is 2. The Bertz CT molecular complexity index is 307. The van der Waals surface area contributed by atoms with E-state index in [1.54, 1.807) is 0 Å². The molecule has 0 fully saturated rings. The van der Waals surface area contributed by atoms with Crippen LogP contribution in [0.2, 0.25) is 0 Å². The molecule has 0 bridgehead atoms. The standard InChI is InChI=1S/C11H19N3O/c1-3-14-9-4-6-10(14)11(15)13-8-5-7-12-2/h4,6,9,12H,3,5,7-8H2,1-2H3,(H,13,15). The molecule has 1 amide bonds. The zero-order valence-corrected chi connectivity index (χ0v) is 9.42. The van der Waals surface area contributed by atoms with Crippen LogP contribution in [0.5, 0.6) is 0 Å². The first-order valence-electron chi connectivity index (χ1n) is 5.37. The van der Waals surface area contributed by atoms with Gasteiger partial charge in [0.25, 0.3) is 5.91 Å². The summed E-state index contributed by atoms with van der Waals surface area (Å²) >= 11 is 0. The lowest BCUT2D eigenvalue weighted by Gasteiger charge is -2.07. The van der Waals surface area contributed by atoms with E-state index in [4.69, 9.17) is 0 Å². The zero-order valence-electron chi connectivity index (χ0n) is 9.42. The summed E-state index contributed by atoms with van der Waals surface area (Å²) in [6.07, 6.45) is 2.87. The molecule has 2 N–H and O–H groups in total. The number of hydrogen-bond acceptors (Lipinski definition) is 2. The lowest BCUT2D eigenvalue weighted by molar-refractivity contribution is 0.0944. The van der Waals surface area contributed by atoms with Crippen molar-refractivity contribution in [2.75, 3.05) is 20.1 Å². The number of carbonyl (C=O) groups excluding carboxylic acids is 1. The zero-order chi connectivity index (χ0) is 11.1. The average Bonchev–Trinajstić information content (AvgIpc) is 2.72. The highest BCUT2D eigenvalue weighted by Crippen LogP contribution is 2.01. The SMILES string of the molecule is CCn1cccc1C(=O)NCCCNC. The van der Waals surface area contributed by atoms with Crippen molar-refractivity contribution in [3.8, 4) is 0 Å². The summed E-state index contributed by atoms with van der Waals surface area (Å²) in [7, 11) is 1.91. The van der Waals surface area contributed by atoms with Gasteiger partial charge in [0.05, 0.1) is 0 Å². The molecular formula is C11H19N3O. The Labute approximate surface area is 90.7 Å². The van der Waals surface area contributed by atoms with Crippen molar-refractivity contribution in [2.45, 2.75) is 19.9 Å². The smallest absolute Gasteiger partial charge is 0.267 e. The van der Waals surface area contributed by atoms with E-state index in [-0.39, 0.29) is 5.91 Å². The minimum absolute atomic E-state index is 0.0120. The largest absolute Gasteiger partial charge is 0.351 e. The molecule has 0 radical (unpaired) electrons. The Morgan fingerprint density at radius 1 is 1.47 bits per heavy atom. The second-order valence-corrected chi connectivity index (χ2v) is 3.39. The quantitative estimate of drug-likeness (QED) is 0.682. The van der Waals surface area contributed by atoms with Crippen LogP contribution in [0.25, 0.3) is 0 Å². The van der Waals surface area contributed by atoms with Crippen LogP contribution in [-0.2, 0) is 6.54 Å². The molecule has 15 heavy (non-hydrogen) atoms. The third-order valence-electron chi connectivity index (χ3n) is 2.29. The first-order valence-corrected chi connectivity index (χ1v) is 5.37. The molecule has 1 aromatic rings. The summed E-state index contributed by atoms with van der Waals surface area (Å²) in [4.78, 5) is 11.7. The van der Waals surface area contributed by atoms with Crippen molar-refractivity contribution in [2.24, 2.45) is 0 Å². The highest BCUT2D eigenvalue weighted by atomic mass is 16.1. The summed E-state index contributed by atoms with van der Waals surface area (Å²) in [5.41, 5.74) is 0.738. The van der Waals surface area contributed by atoms with Gasteiger partial charge in [0.1, 0.15) is 5.69 Å². The third kappa shape index (κ3) is 3.40. The van der Waals surface area contributed by atoms with Crippen LogP contribution >= 0.6 is 0 Å². The lowest BCUT2D eigenvalue weighted by atomic mass is 10.3. The molecule has 4 heteroatoms. The molecule has 4 nitrogen and oxygen atoms in total. The topological polar surface area (TPSA) is 46.1 Å². The molecule has 1 rings (SSSR count). The number of amides is 1. The van der Waals surface area contributed by atoms with Gasteiger partial charge >= 0.3 is 0 Å². The van der Waals surface area contributed by atoms with Crippen LogP contribution in [-0.4, -0.2) is 30.6 Å². The Balaban J connectivity index is 2.40. The molecule has 0 unspecified atom stereocenters. The van der Waals surface area contributed by atoms with E-state index in [1.165, 1.54) is 0 Å². The minimum Gasteiger partial charge on any atom is -0.351 e. The van der Waals surface area contributed by atoms with Crippen molar-refractivity contribution < 1.29 is 4.79 Å². The van der Waals surface area contributed by atoms with Crippen LogP contribution in [0.3, 0.4) is 0 Å². The first kappa shape index (κ1) is 11.8. The van der Waals surface area contributed by atoms with Gasteiger partial charge in [0.15, 0.2) is 0 Å². The maximum atomic E-state index is 11.7. The molecule has 0 saturated carbocycles. The van der Waals surface area contributed by atoms with Crippen LogP contribution < -0.4 is 10.6 Å². The highest BCUT2D eigenvalue weighted by Gasteiger charge is 2.08. The molecule has 0 atom stereocenters. The number of nitrogens with one attached hydrogen (secondary N) is 2. The molecule has 0 aliphatic carbocycles.